The van der Waals surface area contributed by atoms with Crippen LogP contribution in [-0.2, 0) is 12.0 Å². The van der Waals surface area contributed by atoms with Crippen molar-refractivity contribution in [2.24, 2.45) is 5.41 Å². The molecule has 0 saturated heterocycles. The summed E-state index contributed by atoms with van der Waals surface area (Å²) in [4.78, 5) is 9.24. The predicted octanol–water partition coefficient (Wildman–Crippen LogP) is 3.70. The first-order valence-electron chi connectivity index (χ1n) is 10.7. The number of aliphatic hydroxyl groups is 1. The van der Waals surface area contributed by atoms with Gasteiger partial charge in [-0.05, 0) is 54.5 Å². The van der Waals surface area contributed by atoms with Gasteiger partial charge >= 0.3 is 0 Å². The first kappa shape index (κ1) is 20.0. The number of nitrogens with zero attached hydrogens (tertiary/aromatic N) is 6. The number of rotatable bonds is 4. The van der Waals surface area contributed by atoms with Crippen molar-refractivity contribution in [3.63, 3.8) is 0 Å². The van der Waals surface area contributed by atoms with Crippen LogP contribution >= 0.6 is 0 Å². The van der Waals surface area contributed by atoms with Gasteiger partial charge in [0.15, 0.2) is 5.82 Å². The number of benzene rings is 1. The van der Waals surface area contributed by atoms with Crippen molar-refractivity contribution in [2.75, 3.05) is 0 Å². The van der Waals surface area contributed by atoms with Gasteiger partial charge in [0.1, 0.15) is 11.6 Å². The molecular weight excluding hydrogens is 426 g/mol. The van der Waals surface area contributed by atoms with Gasteiger partial charge in [0.2, 0.25) is 0 Å². The van der Waals surface area contributed by atoms with Crippen LogP contribution in [0.2, 0.25) is 0 Å². The molecule has 1 aromatic carbocycles. The monoisotopic (exact) mass is 446 g/mol. The van der Waals surface area contributed by atoms with Crippen LogP contribution in [-0.4, -0.2) is 35.1 Å². The van der Waals surface area contributed by atoms with E-state index >= 15 is 0 Å². The lowest BCUT2D eigenvalue weighted by Crippen LogP contribution is -2.34. The molecule has 3 aromatic heterocycles. The molecule has 0 radical (unpaired) electrons. The fourth-order valence-electron chi connectivity index (χ4n) is 5.26. The van der Waals surface area contributed by atoms with Gasteiger partial charge in [-0.15, -0.1) is 5.10 Å². The van der Waals surface area contributed by atoms with Gasteiger partial charge in [-0.1, -0.05) is 13.0 Å². The highest BCUT2D eigenvalue weighted by Crippen LogP contribution is 2.75. The number of halogens is 2. The summed E-state index contributed by atoms with van der Waals surface area (Å²) in [7, 11) is 0. The van der Waals surface area contributed by atoms with Gasteiger partial charge in [0.25, 0.3) is 0 Å². The van der Waals surface area contributed by atoms with Crippen molar-refractivity contribution in [1.29, 1.82) is 0 Å². The van der Waals surface area contributed by atoms with Crippen LogP contribution in [0.15, 0.2) is 48.9 Å². The lowest BCUT2D eigenvalue weighted by atomic mass is 9.72. The first-order chi connectivity index (χ1) is 15.9. The van der Waals surface area contributed by atoms with Crippen molar-refractivity contribution in [2.45, 2.75) is 38.2 Å². The minimum Gasteiger partial charge on any atom is -0.390 e. The molecule has 0 spiro atoms. The lowest BCUT2D eigenvalue weighted by Gasteiger charge is -2.32. The minimum atomic E-state index is -0.663. The molecule has 6 rings (SSSR count). The van der Waals surface area contributed by atoms with Crippen molar-refractivity contribution < 1.29 is 13.9 Å². The highest BCUT2D eigenvalue weighted by molar-refractivity contribution is 5.64. The summed E-state index contributed by atoms with van der Waals surface area (Å²) >= 11 is 0. The second kappa shape index (κ2) is 6.71. The van der Waals surface area contributed by atoms with Gasteiger partial charge in [-0.3, -0.25) is 4.98 Å². The zero-order chi connectivity index (χ0) is 23.0. The second-order valence-corrected chi connectivity index (χ2v) is 9.10. The third-order valence-electron chi connectivity index (χ3n) is 7.45. The lowest BCUT2D eigenvalue weighted by molar-refractivity contribution is 0.276. The fraction of sp³-hybridized carbons (Fsp3) is 0.292. The van der Waals surface area contributed by atoms with Gasteiger partial charge in [0, 0.05) is 12.4 Å². The second-order valence-electron chi connectivity index (χ2n) is 9.10. The van der Waals surface area contributed by atoms with Crippen LogP contribution in [0.5, 0.6) is 0 Å². The Kier molecular flexibility index (Phi) is 4.08. The normalized spacial score (nSPS) is 25.1. The summed E-state index contributed by atoms with van der Waals surface area (Å²) in [5, 5.41) is 22.3. The SMILES string of the molecule is CC12C[C@@H]1c1cc(-c3c(F)cccc3F)nnc1[C@@]2(C)c1cncc(-n2ccc(CO)n2)n1. The summed E-state index contributed by atoms with van der Waals surface area (Å²) in [6.45, 7) is 4.09. The summed E-state index contributed by atoms with van der Waals surface area (Å²) in [6, 6.07) is 7.25. The molecule has 2 aliphatic rings. The zero-order valence-corrected chi connectivity index (χ0v) is 18.0. The number of fused-ring (bicyclic) bond motifs is 3. The molecule has 4 aromatic rings. The van der Waals surface area contributed by atoms with Crippen molar-refractivity contribution in [1.82, 2.24) is 29.9 Å². The quantitative estimate of drug-likeness (QED) is 0.514. The Labute approximate surface area is 188 Å². The van der Waals surface area contributed by atoms with E-state index in [1.807, 2.05) is 0 Å². The van der Waals surface area contributed by atoms with E-state index in [1.54, 1.807) is 35.4 Å². The molecular formula is C24H20F2N6O. The predicted molar refractivity (Wildman–Crippen MR) is 114 cm³/mol. The smallest absolute Gasteiger partial charge is 0.172 e. The van der Waals surface area contributed by atoms with Gasteiger partial charge in [-0.25, -0.2) is 18.4 Å². The molecule has 1 N–H and O–H groups in total. The van der Waals surface area contributed by atoms with Gasteiger partial charge in [-0.2, -0.15) is 10.2 Å². The van der Waals surface area contributed by atoms with E-state index in [2.05, 4.69) is 34.1 Å². The van der Waals surface area contributed by atoms with Crippen molar-refractivity contribution in [3.8, 4) is 17.1 Å². The van der Waals surface area contributed by atoms with Gasteiger partial charge < -0.3 is 5.11 Å². The molecule has 0 amide bonds. The van der Waals surface area contributed by atoms with Crippen LogP contribution in [0, 0.1) is 17.0 Å². The molecule has 1 fully saturated rings. The zero-order valence-electron chi connectivity index (χ0n) is 18.0. The molecule has 0 aliphatic heterocycles. The Morgan fingerprint density at radius 2 is 1.91 bits per heavy atom. The largest absolute Gasteiger partial charge is 0.390 e. The van der Waals surface area contributed by atoms with Gasteiger partial charge in [0.05, 0.1) is 46.6 Å². The van der Waals surface area contributed by atoms with E-state index < -0.39 is 17.0 Å². The van der Waals surface area contributed by atoms with Crippen molar-refractivity contribution in [3.05, 3.63) is 83.2 Å². The topological polar surface area (TPSA) is 89.6 Å². The highest BCUT2D eigenvalue weighted by atomic mass is 19.1. The Bertz CT molecular complexity index is 1400. The average Bonchev–Trinajstić information content (AvgIpc) is 3.22. The maximum Gasteiger partial charge on any atom is 0.172 e. The average molecular weight is 446 g/mol. The molecule has 9 heteroatoms. The Morgan fingerprint density at radius 3 is 2.64 bits per heavy atom. The summed E-state index contributed by atoms with van der Waals surface area (Å²) < 4.78 is 30.3. The summed E-state index contributed by atoms with van der Waals surface area (Å²) in [5.74, 6) is -0.606. The molecule has 1 unspecified atom stereocenters. The maximum absolute atomic E-state index is 14.4. The van der Waals surface area contributed by atoms with E-state index in [1.165, 1.54) is 18.2 Å². The summed E-state index contributed by atoms with van der Waals surface area (Å²) in [6.07, 6.45) is 5.96. The first-order valence-corrected chi connectivity index (χ1v) is 10.7. The van der Waals surface area contributed by atoms with Crippen LogP contribution < -0.4 is 0 Å². The molecule has 0 bridgehead atoms. The van der Waals surface area contributed by atoms with Crippen LogP contribution in [0.25, 0.3) is 17.1 Å². The molecule has 166 valence electrons. The number of aromatic nitrogens is 6. The molecule has 3 heterocycles. The highest BCUT2D eigenvalue weighted by Gasteiger charge is 2.70. The minimum absolute atomic E-state index is 0.161. The maximum atomic E-state index is 14.4. The van der Waals surface area contributed by atoms with E-state index in [0.717, 1.165) is 23.4 Å². The molecule has 7 nitrogen and oxygen atoms in total. The van der Waals surface area contributed by atoms with E-state index in [4.69, 9.17) is 4.98 Å². The van der Waals surface area contributed by atoms with Crippen LogP contribution in [0.4, 0.5) is 8.78 Å². The number of aliphatic hydroxyl groups excluding tert-OH is 1. The van der Waals surface area contributed by atoms with Crippen LogP contribution in [0.1, 0.15) is 48.8 Å². The Morgan fingerprint density at radius 1 is 1.12 bits per heavy atom. The Hall–Kier alpha value is -3.59. The summed E-state index contributed by atoms with van der Waals surface area (Å²) in [5.41, 5.74) is 2.24. The van der Waals surface area contributed by atoms with Crippen molar-refractivity contribution >= 4 is 0 Å². The van der Waals surface area contributed by atoms with E-state index in [-0.39, 0.29) is 29.2 Å². The molecule has 3 atom stereocenters. The number of hydrogen-bond acceptors (Lipinski definition) is 6. The van der Waals surface area contributed by atoms with E-state index in [0.29, 0.717) is 11.5 Å². The standard InChI is InChI=1S/C24H20F2N6O/c1-23-9-15(23)14-8-18(21-16(25)4-3-5-17(21)26)29-30-22(14)24(23,2)19-10-27-11-20(28-19)32-7-6-13(12-33)31-32/h3-8,10-11,15,33H,9,12H2,1-2H3/t15-,23?,24-/m1/s1. The fourth-order valence-corrected chi connectivity index (χ4v) is 5.26. The molecule has 33 heavy (non-hydrogen) atoms. The van der Waals surface area contributed by atoms with E-state index in [9.17, 15) is 13.9 Å². The number of hydrogen-bond donors (Lipinski definition) is 1. The Balaban J connectivity index is 1.47. The van der Waals surface area contributed by atoms with Crippen LogP contribution in [0.3, 0.4) is 0 Å². The molecule has 1 saturated carbocycles. The third kappa shape index (κ3) is 2.65. The molecule has 2 aliphatic carbocycles. The third-order valence-corrected chi connectivity index (χ3v) is 7.45.